The van der Waals surface area contributed by atoms with Gasteiger partial charge in [-0.25, -0.2) is 4.39 Å². The Morgan fingerprint density at radius 1 is 1.23 bits per heavy atom. The number of rotatable bonds is 6. The van der Waals surface area contributed by atoms with Gasteiger partial charge in [0.05, 0.1) is 11.3 Å². The highest BCUT2D eigenvalue weighted by Gasteiger charge is 2.43. The van der Waals surface area contributed by atoms with Crippen LogP contribution in [0.15, 0.2) is 60.0 Å². The molecule has 26 heavy (non-hydrogen) atoms. The van der Waals surface area contributed by atoms with E-state index < -0.39 is 17.7 Å². The second-order valence-electron chi connectivity index (χ2n) is 6.07. The maximum absolute atomic E-state index is 13.1. The Bertz CT molecular complexity index is 847. The number of aliphatic hydroxyl groups excluding tert-OH is 1. The summed E-state index contributed by atoms with van der Waals surface area (Å²) < 4.78 is 13.1. The van der Waals surface area contributed by atoms with Gasteiger partial charge < -0.3 is 10.0 Å². The molecule has 0 radical (unpaired) electrons. The zero-order valence-electron chi connectivity index (χ0n) is 14.4. The van der Waals surface area contributed by atoms with Crippen LogP contribution in [-0.4, -0.2) is 33.2 Å². The number of pyridine rings is 1. The van der Waals surface area contributed by atoms with Crippen molar-refractivity contribution in [3.05, 3.63) is 77.1 Å². The van der Waals surface area contributed by atoms with Crippen molar-refractivity contribution < 1.29 is 19.1 Å². The van der Waals surface area contributed by atoms with Crippen LogP contribution in [-0.2, 0) is 16.0 Å². The van der Waals surface area contributed by atoms with Crippen LogP contribution < -0.4 is 0 Å². The van der Waals surface area contributed by atoms with Gasteiger partial charge >= 0.3 is 0 Å². The molecule has 6 heteroatoms. The zero-order chi connectivity index (χ0) is 18.7. The number of ketones is 1. The molecule has 0 aliphatic carbocycles. The summed E-state index contributed by atoms with van der Waals surface area (Å²) in [7, 11) is 0. The van der Waals surface area contributed by atoms with Crippen LogP contribution in [0.2, 0.25) is 0 Å². The van der Waals surface area contributed by atoms with Gasteiger partial charge in [-0.1, -0.05) is 25.1 Å². The number of hydrogen-bond donors (Lipinski definition) is 1. The predicted molar refractivity (Wildman–Crippen MR) is 93.7 cm³/mol. The smallest absolute Gasteiger partial charge is 0.290 e. The Kier molecular flexibility index (Phi) is 5.11. The Labute approximate surface area is 150 Å². The molecule has 0 saturated carbocycles. The third-order valence-corrected chi connectivity index (χ3v) is 4.45. The van der Waals surface area contributed by atoms with E-state index in [1.165, 1.54) is 17.0 Å². The van der Waals surface area contributed by atoms with E-state index in [1.807, 2.05) is 0 Å². The van der Waals surface area contributed by atoms with E-state index >= 15 is 0 Å². The number of hydrogen-bond acceptors (Lipinski definition) is 4. The lowest BCUT2D eigenvalue weighted by atomic mass is 9.98. The van der Waals surface area contributed by atoms with Crippen molar-refractivity contribution >= 4 is 11.7 Å². The fourth-order valence-corrected chi connectivity index (χ4v) is 3.11. The molecule has 1 aromatic heterocycles. The van der Waals surface area contributed by atoms with Crippen LogP contribution >= 0.6 is 0 Å². The highest BCUT2D eigenvalue weighted by Crippen LogP contribution is 2.37. The van der Waals surface area contributed by atoms with Crippen LogP contribution in [0.3, 0.4) is 0 Å². The van der Waals surface area contributed by atoms with Crippen molar-refractivity contribution in [3.8, 4) is 0 Å². The molecule has 1 aromatic carbocycles. The van der Waals surface area contributed by atoms with Crippen molar-refractivity contribution in [1.82, 2.24) is 9.88 Å². The molecule has 134 valence electrons. The summed E-state index contributed by atoms with van der Waals surface area (Å²) in [6, 6.07) is 10.6. The number of carbonyl (C=O) groups is 2. The van der Waals surface area contributed by atoms with Crippen molar-refractivity contribution in [3.63, 3.8) is 0 Å². The number of Topliss-reactive ketones (excluding diaryl/α,β-unsaturated/α-hetero) is 1. The molecule has 1 aliphatic heterocycles. The Hall–Kier alpha value is -3.02. The highest BCUT2D eigenvalue weighted by molar-refractivity contribution is 6.08. The first-order valence-electron chi connectivity index (χ1n) is 8.45. The van der Waals surface area contributed by atoms with E-state index in [4.69, 9.17) is 0 Å². The first-order chi connectivity index (χ1) is 12.5. The average molecular weight is 354 g/mol. The summed E-state index contributed by atoms with van der Waals surface area (Å²) >= 11 is 0. The lowest BCUT2D eigenvalue weighted by Gasteiger charge is -2.26. The molecule has 0 spiro atoms. The number of nitrogens with zero attached hydrogens (tertiary/aromatic N) is 2. The molecule has 3 rings (SSSR count). The van der Waals surface area contributed by atoms with Gasteiger partial charge in [0, 0.05) is 19.2 Å². The molecular weight excluding hydrogens is 335 g/mol. The number of aliphatic hydroxyl groups is 1. The largest absolute Gasteiger partial charge is 0.503 e. The third-order valence-electron chi connectivity index (χ3n) is 4.45. The monoisotopic (exact) mass is 354 g/mol. The Balaban J connectivity index is 1.91. The maximum atomic E-state index is 13.1. The van der Waals surface area contributed by atoms with E-state index in [9.17, 15) is 19.1 Å². The number of amides is 1. The van der Waals surface area contributed by atoms with Gasteiger partial charge in [0.15, 0.2) is 11.5 Å². The molecule has 1 atom stereocenters. The van der Waals surface area contributed by atoms with Crippen LogP contribution in [0.4, 0.5) is 4.39 Å². The van der Waals surface area contributed by atoms with E-state index in [1.54, 1.807) is 43.5 Å². The summed E-state index contributed by atoms with van der Waals surface area (Å²) in [5.41, 5.74) is 1.48. The minimum atomic E-state index is -0.711. The maximum Gasteiger partial charge on any atom is 0.290 e. The minimum absolute atomic E-state index is 0.0929. The molecule has 2 aromatic rings. The molecule has 1 N–H and O–H groups in total. The van der Waals surface area contributed by atoms with Crippen LogP contribution in [0, 0.1) is 5.82 Å². The van der Waals surface area contributed by atoms with Crippen LogP contribution in [0.5, 0.6) is 0 Å². The lowest BCUT2D eigenvalue weighted by molar-refractivity contribution is -0.129. The minimum Gasteiger partial charge on any atom is -0.503 e. The van der Waals surface area contributed by atoms with Crippen LogP contribution in [0.1, 0.15) is 30.6 Å². The molecule has 0 fully saturated rings. The van der Waals surface area contributed by atoms with Gasteiger partial charge in [0.2, 0.25) is 0 Å². The van der Waals surface area contributed by atoms with E-state index in [2.05, 4.69) is 4.98 Å². The predicted octanol–water partition coefficient (Wildman–Crippen LogP) is 3.14. The van der Waals surface area contributed by atoms with Gasteiger partial charge in [0.25, 0.3) is 5.91 Å². The quantitative estimate of drug-likeness (QED) is 0.865. The molecule has 0 saturated heterocycles. The Morgan fingerprint density at radius 3 is 2.58 bits per heavy atom. The summed E-state index contributed by atoms with van der Waals surface area (Å²) in [4.78, 5) is 30.6. The third kappa shape index (κ3) is 3.35. The molecule has 1 amide bonds. The normalized spacial score (nSPS) is 17.1. The zero-order valence-corrected chi connectivity index (χ0v) is 14.4. The first kappa shape index (κ1) is 17.8. The summed E-state index contributed by atoms with van der Waals surface area (Å²) in [5.74, 6) is -1.70. The number of halogens is 1. The van der Waals surface area contributed by atoms with Crippen molar-refractivity contribution in [2.45, 2.75) is 25.8 Å². The topological polar surface area (TPSA) is 70.5 Å². The Morgan fingerprint density at radius 2 is 1.96 bits per heavy atom. The van der Waals surface area contributed by atoms with Gasteiger partial charge in [-0.3, -0.25) is 14.6 Å². The summed E-state index contributed by atoms with van der Waals surface area (Å²) in [6.07, 6.45) is 2.24. The van der Waals surface area contributed by atoms with E-state index in [-0.39, 0.29) is 30.1 Å². The van der Waals surface area contributed by atoms with Crippen LogP contribution in [0.25, 0.3) is 0 Å². The van der Waals surface area contributed by atoms with Gasteiger partial charge in [-0.2, -0.15) is 0 Å². The SMILES string of the molecule is CCC(=O)C1=C(O)C(=O)N(CCc2ccc(F)cc2)C1c1ccccn1. The fourth-order valence-electron chi connectivity index (χ4n) is 3.11. The van der Waals surface area contributed by atoms with Crippen molar-refractivity contribution in [1.29, 1.82) is 0 Å². The van der Waals surface area contributed by atoms with Gasteiger partial charge in [-0.05, 0) is 36.2 Å². The van der Waals surface area contributed by atoms with Gasteiger partial charge in [0.1, 0.15) is 11.9 Å². The van der Waals surface area contributed by atoms with Gasteiger partial charge in [-0.15, -0.1) is 0 Å². The molecule has 2 heterocycles. The molecular formula is C20H19FN2O3. The molecule has 1 unspecified atom stereocenters. The summed E-state index contributed by atoms with van der Waals surface area (Å²) in [5, 5.41) is 10.3. The lowest BCUT2D eigenvalue weighted by Crippen LogP contribution is -2.33. The first-order valence-corrected chi connectivity index (χ1v) is 8.45. The molecule has 0 bridgehead atoms. The van der Waals surface area contributed by atoms with E-state index in [0.29, 0.717) is 12.1 Å². The highest BCUT2D eigenvalue weighted by atomic mass is 19.1. The number of aromatic nitrogens is 1. The van der Waals surface area contributed by atoms with E-state index in [0.717, 1.165) is 5.56 Å². The molecule has 1 aliphatic rings. The molecule has 5 nitrogen and oxygen atoms in total. The fraction of sp³-hybridized carbons (Fsp3) is 0.250. The standard InChI is InChI=1S/C20H19FN2O3/c1-2-16(24)17-18(15-5-3-4-11-22-15)23(20(26)19(17)25)12-10-13-6-8-14(21)9-7-13/h3-9,11,18,25H,2,10,12H2,1H3. The average Bonchev–Trinajstić information content (AvgIpc) is 2.92. The number of carbonyl (C=O) groups excluding carboxylic acids is 2. The van der Waals surface area contributed by atoms with Crippen molar-refractivity contribution in [2.75, 3.05) is 6.54 Å². The second-order valence-corrected chi connectivity index (χ2v) is 6.07. The van der Waals surface area contributed by atoms with Crippen molar-refractivity contribution in [2.24, 2.45) is 0 Å². The summed E-state index contributed by atoms with van der Waals surface area (Å²) in [6.45, 7) is 1.96. The number of benzene rings is 1. The second kappa shape index (κ2) is 7.47.